The summed E-state index contributed by atoms with van der Waals surface area (Å²) in [4.78, 5) is 29.0. The molecule has 0 aliphatic carbocycles. The van der Waals surface area contributed by atoms with Crippen LogP contribution in [0.3, 0.4) is 0 Å². The van der Waals surface area contributed by atoms with E-state index in [4.69, 9.17) is 9.47 Å². The first kappa shape index (κ1) is 33.9. The molecule has 0 heterocycles. The number of methoxy groups -OCH3 is 1. The van der Waals surface area contributed by atoms with Crippen LogP contribution < -0.4 is 19.1 Å². The number of hydrogen-bond donors (Lipinski definition) is 1. The van der Waals surface area contributed by atoms with Crippen LogP contribution in [0.25, 0.3) is 0 Å². The van der Waals surface area contributed by atoms with Gasteiger partial charge in [-0.1, -0.05) is 48.8 Å². The van der Waals surface area contributed by atoms with E-state index in [1.54, 1.807) is 55.6 Å². The summed E-state index contributed by atoms with van der Waals surface area (Å²) in [5, 5.41) is 2.93. The number of rotatable bonds is 15. The van der Waals surface area contributed by atoms with Crippen molar-refractivity contribution in [2.75, 3.05) is 31.1 Å². The molecule has 0 saturated carbocycles. The van der Waals surface area contributed by atoms with Gasteiger partial charge in [0.05, 0.1) is 24.3 Å². The van der Waals surface area contributed by atoms with Crippen LogP contribution >= 0.6 is 15.9 Å². The van der Waals surface area contributed by atoms with Crippen molar-refractivity contribution < 1.29 is 27.5 Å². The van der Waals surface area contributed by atoms with Gasteiger partial charge in [-0.2, -0.15) is 0 Å². The molecule has 0 aliphatic rings. The van der Waals surface area contributed by atoms with E-state index in [2.05, 4.69) is 21.2 Å². The fourth-order valence-electron chi connectivity index (χ4n) is 4.41. The number of ether oxygens (including phenoxy) is 2. The zero-order valence-corrected chi connectivity index (χ0v) is 27.7. The van der Waals surface area contributed by atoms with Gasteiger partial charge in [0.15, 0.2) is 0 Å². The minimum atomic E-state index is -4.17. The topological polar surface area (TPSA) is 105 Å². The number of anilines is 1. The van der Waals surface area contributed by atoms with E-state index >= 15 is 0 Å². The van der Waals surface area contributed by atoms with Gasteiger partial charge < -0.3 is 19.7 Å². The molecule has 0 radical (unpaired) electrons. The highest BCUT2D eigenvalue weighted by Gasteiger charge is 2.33. The SMILES string of the molecule is CCOc1ccc(N(CC(=O)N(Cc2ccc(OC)cc2)[C@H](CC)C(=O)NCC(C)C)S(=O)(=O)c2ccc(Br)cc2)cc1. The predicted octanol–water partition coefficient (Wildman–Crippen LogP) is 5.63. The Balaban J connectivity index is 2.04. The van der Waals surface area contributed by atoms with E-state index in [1.807, 2.05) is 39.8 Å². The van der Waals surface area contributed by atoms with Crippen molar-refractivity contribution in [3.63, 3.8) is 0 Å². The van der Waals surface area contributed by atoms with Crippen LogP contribution in [0.15, 0.2) is 82.2 Å². The van der Waals surface area contributed by atoms with Gasteiger partial charge in [-0.25, -0.2) is 8.42 Å². The number of carbonyl (C=O) groups excluding carboxylic acids is 2. The highest BCUT2D eigenvalue weighted by molar-refractivity contribution is 9.10. The van der Waals surface area contributed by atoms with Gasteiger partial charge in [-0.05, 0) is 85.5 Å². The molecule has 0 unspecified atom stereocenters. The third-order valence-corrected chi connectivity index (χ3v) is 9.02. The molecular formula is C32H40BrN3O6S. The number of amides is 2. The lowest BCUT2D eigenvalue weighted by molar-refractivity contribution is -0.140. The number of nitrogens with zero attached hydrogens (tertiary/aromatic N) is 2. The number of sulfonamides is 1. The zero-order valence-electron chi connectivity index (χ0n) is 25.2. The van der Waals surface area contributed by atoms with Crippen molar-refractivity contribution in [1.82, 2.24) is 10.2 Å². The summed E-state index contributed by atoms with van der Waals surface area (Å²) in [5.74, 6) is 0.648. The van der Waals surface area contributed by atoms with Crippen molar-refractivity contribution in [2.24, 2.45) is 5.92 Å². The number of nitrogens with one attached hydrogen (secondary N) is 1. The van der Waals surface area contributed by atoms with Crippen LogP contribution in [0.5, 0.6) is 11.5 Å². The molecule has 9 nitrogen and oxygen atoms in total. The molecule has 0 spiro atoms. The van der Waals surface area contributed by atoms with E-state index in [0.29, 0.717) is 36.8 Å². The van der Waals surface area contributed by atoms with Gasteiger partial charge in [0, 0.05) is 17.6 Å². The van der Waals surface area contributed by atoms with Crippen molar-refractivity contribution in [3.05, 3.63) is 82.8 Å². The maximum atomic E-state index is 14.2. The maximum absolute atomic E-state index is 14.2. The van der Waals surface area contributed by atoms with Crippen LogP contribution in [-0.2, 0) is 26.2 Å². The Morgan fingerprint density at radius 1 is 0.907 bits per heavy atom. The molecule has 1 N–H and O–H groups in total. The first-order valence-electron chi connectivity index (χ1n) is 14.2. The lowest BCUT2D eigenvalue weighted by Gasteiger charge is -2.33. The first-order chi connectivity index (χ1) is 20.5. The second kappa shape index (κ2) is 15.8. The van der Waals surface area contributed by atoms with Crippen molar-refractivity contribution in [3.8, 4) is 11.5 Å². The molecule has 0 bridgehead atoms. The third-order valence-electron chi connectivity index (χ3n) is 6.70. The summed E-state index contributed by atoms with van der Waals surface area (Å²) in [6.45, 7) is 8.16. The third kappa shape index (κ3) is 9.21. The summed E-state index contributed by atoms with van der Waals surface area (Å²) in [5.41, 5.74) is 1.06. The lowest BCUT2D eigenvalue weighted by atomic mass is 10.1. The predicted molar refractivity (Wildman–Crippen MR) is 172 cm³/mol. The van der Waals surface area contributed by atoms with Gasteiger partial charge in [-0.3, -0.25) is 13.9 Å². The zero-order chi connectivity index (χ0) is 31.6. The summed E-state index contributed by atoms with van der Waals surface area (Å²) < 4.78 is 40.6. The van der Waals surface area contributed by atoms with E-state index in [1.165, 1.54) is 17.0 Å². The van der Waals surface area contributed by atoms with Crippen LogP contribution in [0.4, 0.5) is 5.69 Å². The molecule has 232 valence electrons. The molecule has 3 aromatic carbocycles. The minimum absolute atomic E-state index is 0.0285. The van der Waals surface area contributed by atoms with E-state index in [0.717, 1.165) is 14.3 Å². The molecule has 3 aromatic rings. The fraction of sp³-hybridized carbons (Fsp3) is 0.375. The Morgan fingerprint density at radius 3 is 2.05 bits per heavy atom. The van der Waals surface area contributed by atoms with Gasteiger partial charge in [0.2, 0.25) is 11.8 Å². The molecule has 1 atom stereocenters. The standard InChI is InChI=1S/C32H40BrN3O6S/c1-6-30(32(38)34-20-23(3)4)35(21-24-8-14-27(41-5)15-9-24)31(37)22-36(26-12-16-28(17-13-26)42-7-2)43(39,40)29-18-10-25(33)11-19-29/h8-19,23,30H,6-7,20-22H2,1-5H3,(H,34,38)/t30-/m1/s1. The summed E-state index contributed by atoms with van der Waals surface area (Å²) >= 11 is 3.35. The molecule has 2 amide bonds. The van der Waals surface area contributed by atoms with E-state index in [9.17, 15) is 18.0 Å². The average Bonchev–Trinajstić information content (AvgIpc) is 2.99. The van der Waals surface area contributed by atoms with E-state index < -0.39 is 28.5 Å². The summed E-state index contributed by atoms with van der Waals surface area (Å²) in [6.07, 6.45) is 0.342. The average molecular weight is 675 g/mol. The molecular weight excluding hydrogens is 634 g/mol. The normalized spacial score (nSPS) is 12.0. The van der Waals surface area contributed by atoms with E-state index in [-0.39, 0.29) is 23.3 Å². The molecule has 0 aliphatic heterocycles. The number of benzene rings is 3. The molecule has 0 saturated heterocycles. The number of carbonyl (C=O) groups is 2. The Kier molecular flexibility index (Phi) is 12.4. The molecule has 0 aromatic heterocycles. The summed E-state index contributed by atoms with van der Waals surface area (Å²) in [6, 6.07) is 19.2. The largest absolute Gasteiger partial charge is 0.497 e. The molecule has 43 heavy (non-hydrogen) atoms. The number of halogens is 1. The van der Waals surface area contributed by atoms with Crippen LogP contribution in [0.1, 0.15) is 39.7 Å². The molecule has 11 heteroatoms. The number of hydrogen-bond acceptors (Lipinski definition) is 6. The van der Waals surface area contributed by atoms with Crippen LogP contribution in [-0.4, -0.2) is 58.0 Å². The monoisotopic (exact) mass is 673 g/mol. The lowest BCUT2D eigenvalue weighted by Crippen LogP contribution is -2.52. The minimum Gasteiger partial charge on any atom is -0.497 e. The summed E-state index contributed by atoms with van der Waals surface area (Å²) in [7, 11) is -2.61. The Bertz CT molecular complexity index is 1450. The second-order valence-corrected chi connectivity index (χ2v) is 13.1. The highest BCUT2D eigenvalue weighted by Crippen LogP contribution is 2.28. The van der Waals surface area contributed by atoms with Gasteiger partial charge in [0.1, 0.15) is 24.1 Å². The van der Waals surface area contributed by atoms with Crippen molar-refractivity contribution in [2.45, 2.75) is 51.6 Å². The van der Waals surface area contributed by atoms with Gasteiger partial charge in [0.25, 0.3) is 10.0 Å². The highest BCUT2D eigenvalue weighted by atomic mass is 79.9. The van der Waals surface area contributed by atoms with Crippen LogP contribution in [0.2, 0.25) is 0 Å². The smallest absolute Gasteiger partial charge is 0.264 e. The van der Waals surface area contributed by atoms with Gasteiger partial charge >= 0.3 is 0 Å². The fourth-order valence-corrected chi connectivity index (χ4v) is 6.09. The van der Waals surface area contributed by atoms with Gasteiger partial charge in [-0.15, -0.1) is 0 Å². The Morgan fingerprint density at radius 2 is 1.51 bits per heavy atom. The first-order valence-corrected chi connectivity index (χ1v) is 16.4. The maximum Gasteiger partial charge on any atom is 0.264 e. The molecule has 3 rings (SSSR count). The quantitative estimate of drug-likeness (QED) is 0.224. The Labute approximate surface area is 263 Å². The van der Waals surface area contributed by atoms with Crippen LogP contribution in [0, 0.1) is 5.92 Å². The van der Waals surface area contributed by atoms with Crippen molar-refractivity contribution >= 4 is 43.5 Å². The second-order valence-electron chi connectivity index (χ2n) is 10.3. The molecule has 0 fully saturated rings. The Hall–Kier alpha value is -3.57. The van der Waals surface area contributed by atoms with Crippen molar-refractivity contribution in [1.29, 1.82) is 0 Å².